The van der Waals surface area contributed by atoms with Crippen LogP contribution < -0.4 is 15.5 Å². The van der Waals surface area contributed by atoms with Crippen LogP contribution in [0.3, 0.4) is 0 Å². The van der Waals surface area contributed by atoms with Gasteiger partial charge in [0, 0.05) is 28.2 Å². The second-order valence-electron chi connectivity index (χ2n) is 6.90. The number of rotatable bonds is 5. The SMILES string of the molecule is CN=C(NCc1cnc(N(C)C)n1C)NC(C)c1ccc2ccccc2c1.I. The number of nitrogens with one attached hydrogen (secondary N) is 2. The lowest BCUT2D eigenvalue weighted by Gasteiger charge is -2.19. The zero-order chi connectivity index (χ0) is 19.4. The lowest BCUT2D eigenvalue weighted by Crippen LogP contribution is -2.38. The molecule has 3 aromatic rings. The van der Waals surface area contributed by atoms with Crippen LogP contribution in [-0.2, 0) is 13.6 Å². The van der Waals surface area contributed by atoms with Crippen molar-refractivity contribution < 1.29 is 0 Å². The monoisotopic (exact) mass is 492 g/mol. The van der Waals surface area contributed by atoms with Gasteiger partial charge >= 0.3 is 0 Å². The van der Waals surface area contributed by atoms with E-state index < -0.39 is 0 Å². The number of guanidine groups is 1. The summed E-state index contributed by atoms with van der Waals surface area (Å²) >= 11 is 0. The van der Waals surface area contributed by atoms with Crippen LogP contribution in [0.1, 0.15) is 24.2 Å². The van der Waals surface area contributed by atoms with Gasteiger partial charge in [-0.25, -0.2) is 4.98 Å². The van der Waals surface area contributed by atoms with Crippen molar-refractivity contribution in [1.29, 1.82) is 0 Å². The number of benzene rings is 2. The van der Waals surface area contributed by atoms with Crippen molar-refractivity contribution in [2.45, 2.75) is 19.5 Å². The molecule has 2 aromatic carbocycles. The Balaban J connectivity index is 0.00000280. The van der Waals surface area contributed by atoms with Crippen LogP contribution in [0.25, 0.3) is 10.8 Å². The second kappa shape index (κ2) is 9.77. The van der Waals surface area contributed by atoms with Crippen molar-refractivity contribution >= 4 is 46.7 Å². The summed E-state index contributed by atoms with van der Waals surface area (Å²) in [5.74, 6) is 1.70. The molecule has 1 atom stereocenters. The highest BCUT2D eigenvalue weighted by atomic mass is 127. The van der Waals surface area contributed by atoms with Crippen molar-refractivity contribution in [3.05, 3.63) is 59.9 Å². The number of hydrogen-bond acceptors (Lipinski definition) is 3. The van der Waals surface area contributed by atoms with E-state index >= 15 is 0 Å². The van der Waals surface area contributed by atoms with E-state index in [1.807, 2.05) is 32.2 Å². The van der Waals surface area contributed by atoms with Crippen LogP contribution in [0.4, 0.5) is 5.95 Å². The molecule has 150 valence electrons. The largest absolute Gasteiger partial charge is 0.351 e. The van der Waals surface area contributed by atoms with Crippen LogP contribution in [-0.4, -0.2) is 36.7 Å². The van der Waals surface area contributed by atoms with Gasteiger partial charge in [-0.3, -0.25) is 4.99 Å². The first-order chi connectivity index (χ1) is 13.0. The van der Waals surface area contributed by atoms with E-state index in [4.69, 9.17) is 0 Å². The molecule has 0 saturated heterocycles. The molecule has 0 bridgehead atoms. The maximum atomic E-state index is 4.45. The van der Waals surface area contributed by atoms with Gasteiger partial charge in [-0.1, -0.05) is 36.4 Å². The number of hydrogen-bond donors (Lipinski definition) is 2. The Morgan fingerprint density at radius 2 is 1.89 bits per heavy atom. The molecule has 0 aliphatic carbocycles. The third kappa shape index (κ3) is 4.95. The molecule has 1 heterocycles. The van der Waals surface area contributed by atoms with Gasteiger partial charge < -0.3 is 20.1 Å². The summed E-state index contributed by atoms with van der Waals surface area (Å²) in [4.78, 5) is 10.8. The number of imidazole rings is 1. The van der Waals surface area contributed by atoms with Crippen LogP contribution in [0.15, 0.2) is 53.7 Å². The smallest absolute Gasteiger partial charge is 0.204 e. The number of anilines is 1. The molecule has 0 aliphatic rings. The first-order valence-electron chi connectivity index (χ1n) is 9.13. The highest BCUT2D eigenvalue weighted by Gasteiger charge is 2.11. The lowest BCUT2D eigenvalue weighted by molar-refractivity contribution is 0.676. The molecule has 0 amide bonds. The van der Waals surface area contributed by atoms with E-state index in [0.29, 0.717) is 6.54 Å². The van der Waals surface area contributed by atoms with Gasteiger partial charge in [-0.05, 0) is 29.3 Å². The van der Waals surface area contributed by atoms with Gasteiger partial charge in [0.2, 0.25) is 5.95 Å². The van der Waals surface area contributed by atoms with Crippen LogP contribution in [0.2, 0.25) is 0 Å². The summed E-state index contributed by atoms with van der Waals surface area (Å²) in [6.45, 7) is 2.80. The molecular weight excluding hydrogens is 463 g/mol. The summed E-state index contributed by atoms with van der Waals surface area (Å²) in [6.07, 6.45) is 1.89. The van der Waals surface area contributed by atoms with Crippen molar-refractivity contribution in [2.75, 3.05) is 26.0 Å². The van der Waals surface area contributed by atoms with Gasteiger partial charge in [0.1, 0.15) is 0 Å². The van der Waals surface area contributed by atoms with Crippen molar-refractivity contribution in [3.8, 4) is 0 Å². The number of fused-ring (bicyclic) bond motifs is 1. The highest BCUT2D eigenvalue weighted by molar-refractivity contribution is 14.0. The fourth-order valence-corrected chi connectivity index (χ4v) is 3.15. The Morgan fingerprint density at radius 3 is 2.54 bits per heavy atom. The minimum atomic E-state index is 0. The van der Waals surface area contributed by atoms with Crippen LogP contribution >= 0.6 is 24.0 Å². The average Bonchev–Trinajstić information content (AvgIpc) is 3.05. The van der Waals surface area contributed by atoms with E-state index in [2.05, 4.69) is 74.6 Å². The molecule has 2 N–H and O–H groups in total. The molecule has 0 aliphatic heterocycles. The van der Waals surface area contributed by atoms with Gasteiger partial charge in [-0.2, -0.15) is 0 Å². The molecule has 0 fully saturated rings. The van der Waals surface area contributed by atoms with Gasteiger partial charge in [0.05, 0.1) is 24.5 Å². The fourth-order valence-electron chi connectivity index (χ4n) is 3.15. The third-order valence-corrected chi connectivity index (χ3v) is 4.75. The topological polar surface area (TPSA) is 57.5 Å². The Morgan fingerprint density at radius 1 is 1.18 bits per heavy atom. The van der Waals surface area contributed by atoms with E-state index in [9.17, 15) is 0 Å². The van der Waals surface area contributed by atoms with E-state index in [1.165, 1.54) is 16.3 Å². The molecule has 1 aromatic heterocycles. The number of aromatic nitrogens is 2. The van der Waals surface area contributed by atoms with Crippen molar-refractivity contribution in [3.63, 3.8) is 0 Å². The zero-order valence-corrected chi connectivity index (χ0v) is 19.4. The molecule has 28 heavy (non-hydrogen) atoms. The molecule has 7 heteroatoms. The normalized spacial score (nSPS) is 12.4. The molecule has 0 radical (unpaired) electrons. The van der Waals surface area contributed by atoms with Crippen molar-refractivity contribution in [1.82, 2.24) is 20.2 Å². The molecule has 3 rings (SSSR count). The standard InChI is InChI=1S/C21H28N6.HI/c1-15(17-11-10-16-8-6-7-9-18(16)12-17)25-20(22-2)23-13-19-14-24-21(26(3)4)27(19)5;/h6-12,14-15H,13H2,1-5H3,(H2,22,23,25);1H. The molecule has 6 nitrogen and oxygen atoms in total. The van der Waals surface area contributed by atoms with Crippen molar-refractivity contribution in [2.24, 2.45) is 12.0 Å². The number of nitrogens with zero attached hydrogens (tertiary/aromatic N) is 4. The van der Waals surface area contributed by atoms with Gasteiger partial charge in [0.25, 0.3) is 0 Å². The van der Waals surface area contributed by atoms with E-state index in [1.54, 1.807) is 7.05 Å². The maximum absolute atomic E-state index is 4.45. The minimum absolute atomic E-state index is 0. The summed E-state index contributed by atoms with van der Waals surface area (Å²) in [5.41, 5.74) is 2.33. The number of halogens is 1. The lowest BCUT2D eigenvalue weighted by atomic mass is 10.0. The number of aliphatic imine (C=N–C) groups is 1. The summed E-state index contributed by atoms with van der Waals surface area (Å²) < 4.78 is 2.08. The predicted octanol–water partition coefficient (Wildman–Crippen LogP) is 3.68. The van der Waals surface area contributed by atoms with E-state index in [0.717, 1.165) is 17.6 Å². The maximum Gasteiger partial charge on any atom is 0.204 e. The first kappa shape index (κ1) is 22.0. The molecule has 0 saturated carbocycles. The minimum Gasteiger partial charge on any atom is -0.351 e. The molecular formula is C21H29IN6. The molecule has 1 unspecified atom stereocenters. The van der Waals surface area contributed by atoms with Crippen LogP contribution in [0.5, 0.6) is 0 Å². The quantitative estimate of drug-likeness (QED) is 0.324. The van der Waals surface area contributed by atoms with Gasteiger partial charge in [0.15, 0.2) is 5.96 Å². The Bertz CT molecular complexity index is 947. The summed E-state index contributed by atoms with van der Waals surface area (Å²) in [6, 6.07) is 15.1. The fraction of sp³-hybridized carbons (Fsp3) is 0.333. The van der Waals surface area contributed by atoms with Crippen LogP contribution in [0, 0.1) is 0 Å². The van der Waals surface area contributed by atoms with E-state index in [-0.39, 0.29) is 30.0 Å². The third-order valence-electron chi connectivity index (χ3n) is 4.75. The first-order valence-corrected chi connectivity index (χ1v) is 9.13. The Kier molecular flexibility index (Phi) is 7.68. The zero-order valence-electron chi connectivity index (χ0n) is 17.1. The predicted molar refractivity (Wildman–Crippen MR) is 129 cm³/mol. The second-order valence-corrected chi connectivity index (χ2v) is 6.90. The average molecular weight is 492 g/mol. The Labute approximate surface area is 184 Å². The van der Waals surface area contributed by atoms with Gasteiger partial charge in [-0.15, -0.1) is 24.0 Å². The summed E-state index contributed by atoms with van der Waals surface area (Å²) in [7, 11) is 7.79. The molecule has 0 spiro atoms. The Hall–Kier alpha value is -2.29. The highest BCUT2D eigenvalue weighted by Crippen LogP contribution is 2.20. The summed E-state index contributed by atoms with van der Waals surface area (Å²) in [5, 5.41) is 9.34.